The minimum absolute atomic E-state index is 0.0773. The fourth-order valence-corrected chi connectivity index (χ4v) is 3.53. The number of anilines is 1. The maximum Gasteiger partial charge on any atom is 0.308 e. The van der Waals surface area contributed by atoms with Crippen LogP contribution in [0.2, 0.25) is 0 Å². The largest absolute Gasteiger partial charge is 0.454 e. The number of rotatable bonds is 3. The number of aromatic nitrogens is 1. The Hall–Kier alpha value is -3.31. The van der Waals surface area contributed by atoms with E-state index >= 15 is 0 Å². The van der Waals surface area contributed by atoms with E-state index in [1.165, 1.54) is 10.6 Å². The lowest BCUT2D eigenvalue weighted by atomic mass is 10.1. The third kappa shape index (κ3) is 2.70. The van der Waals surface area contributed by atoms with Crippen molar-refractivity contribution in [2.45, 2.75) is 6.54 Å². The first-order chi connectivity index (χ1) is 12.2. The highest BCUT2D eigenvalue weighted by molar-refractivity contribution is 7.16. The Morgan fingerprint density at radius 1 is 1.28 bits per heavy atom. The van der Waals surface area contributed by atoms with E-state index in [1.807, 2.05) is 24.3 Å². The van der Waals surface area contributed by atoms with Gasteiger partial charge >= 0.3 is 4.87 Å². The first-order valence-electron chi connectivity index (χ1n) is 7.37. The zero-order valence-electron chi connectivity index (χ0n) is 12.8. The Morgan fingerprint density at radius 2 is 2.04 bits per heavy atom. The van der Waals surface area contributed by atoms with E-state index in [9.17, 15) is 14.9 Å². The number of nitrogens with zero attached hydrogens (tertiary/aromatic N) is 2. The number of hydrogen-bond donors (Lipinski definition) is 1. The molecule has 0 aliphatic carbocycles. The Morgan fingerprint density at radius 3 is 2.84 bits per heavy atom. The molecule has 2 aromatic carbocycles. The van der Waals surface area contributed by atoms with Gasteiger partial charge in [0.15, 0.2) is 11.5 Å². The van der Waals surface area contributed by atoms with Crippen LogP contribution in [0.1, 0.15) is 5.56 Å². The molecule has 124 valence electrons. The molecule has 0 unspecified atom stereocenters. The molecular formula is C17H11N3O4S. The van der Waals surface area contributed by atoms with Crippen molar-refractivity contribution < 1.29 is 14.3 Å². The van der Waals surface area contributed by atoms with Gasteiger partial charge in [-0.1, -0.05) is 23.5 Å². The first kappa shape index (κ1) is 15.2. The smallest absolute Gasteiger partial charge is 0.308 e. The van der Waals surface area contributed by atoms with Gasteiger partial charge in [0, 0.05) is 12.1 Å². The molecule has 0 bridgehead atoms. The highest BCUT2D eigenvalue weighted by Gasteiger charge is 2.19. The predicted molar refractivity (Wildman–Crippen MR) is 92.0 cm³/mol. The van der Waals surface area contributed by atoms with Crippen molar-refractivity contribution in [1.82, 2.24) is 4.57 Å². The zero-order chi connectivity index (χ0) is 17.4. The summed E-state index contributed by atoms with van der Waals surface area (Å²) in [5, 5.41) is 11.9. The van der Waals surface area contributed by atoms with Crippen molar-refractivity contribution in [3.63, 3.8) is 0 Å². The summed E-state index contributed by atoms with van der Waals surface area (Å²) in [6, 6.07) is 12.4. The molecule has 0 radical (unpaired) electrons. The summed E-state index contributed by atoms with van der Waals surface area (Å²) in [5.74, 6) is 0.531. The molecule has 1 aromatic heterocycles. The molecule has 2 heterocycles. The van der Waals surface area contributed by atoms with E-state index in [0.717, 1.165) is 16.0 Å². The van der Waals surface area contributed by atoms with Gasteiger partial charge in [-0.15, -0.1) is 0 Å². The second-order valence-corrected chi connectivity index (χ2v) is 6.33. The number of hydrogen-bond acceptors (Lipinski definition) is 6. The third-order valence-corrected chi connectivity index (χ3v) is 4.74. The number of carbonyl (C=O) groups is 1. The Bertz CT molecular complexity index is 1090. The highest BCUT2D eigenvalue weighted by atomic mass is 32.1. The zero-order valence-corrected chi connectivity index (χ0v) is 13.6. The lowest BCUT2D eigenvalue weighted by molar-refractivity contribution is -0.116. The summed E-state index contributed by atoms with van der Waals surface area (Å²) in [6.45, 7) is -0.0595. The molecular weight excluding hydrogens is 342 g/mol. The van der Waals surface area contributed by atoms with Crippen LogP contribution in [-0.2, 0) is 11.3 Å². The predicted octanol–water partition coefficient (Wildman–Crippen LogP) is 2.30. The number of nitrogens with one attached hydrogen (secondary N) is 1. The lowest BCUT2D eigenvalue weighted by Gasteiger charge is -2.09. The summed E-state index contributed by atoms with van der Waals surface area (Å²) in [6.07, 6.45) is 0. The number of amides is 1. The molecule has 4 rings (SSSR count). The van der Waals surface area contributed by atoms with Gasteiger partial charge in [0.2, 0.25) is 12.7 Å². The molecule has 25 heavy (non-hydrogen) atoms. The highest BCUT2D eigenvalue weighted by Crippen LogP contribution is 2.36. The summed E-state index contributed by atoms with van der Waals surface area (Å²) < 4.78 is 12.7. The monoisotopic (exact) mass is 353 g/mol. The maximum atomic E-state index is 12.4. The van der Waals surface area contributed by atoms with Gasteiger partial charge in [-0.05, 0) is 12.1 Å². The molecule has 1 aliphatic rings. The standard InChI is InChI=1S/C17H11N3O4S/c18-7-10-5-13-14(24-9-23-13)6-11(10)19-16(21)8-20-12-3-1-2-4-15(12)25-17(20)22/h1-6H,8-9H2,(H,19,21). The van der Waals surface area contributed by atoms with Gasteiger partial charge in [-0.2, -0.15) is 5.26 Å². The van der Waals surface area contributed by atoms with Crippen LogP contribution >= 0.6 is 11.3 Å². The lowest BCUT2D eigenvalue weighted by Crippen LogP contribution is -2.24. The normalized spacial score (nSPS) is 12.1. The van der Waals surface area contributed by atoms with Gasteiger partial charge in [0.1, 0.15) is 12.6 Å². The molecule has 8 heteroatoms. The topological polar surface area (TPSA) is 93.4 Å². The van der Waals surface area contributed by atoms with Crippen molar-refractivity contribution >= 4 is 33.1 Å². The van der Waals surface area contributed by atoms with E-state index < -0.39 is 5.91 Å². The summed E-state index contributed by atoms with van der Waals surface area (Å²) in [7, 11) is 0. The first-order valence-corrected chi connectivity index (χ1v) is 8.19. The van der Waals surface area contributed by atoms with Crippen LogP contribution in [0.3, 0.4) is 0 Å². The van der Waals surface area contributed by atoms with Gasteiger partial charge in [-0.25, -0.2) is 0 Å². The molecule has 1 aliphatic heterocycles. The van der Waals surface area contributed by atoms with E-state index in [4.69, 9.17) is 9.47 Å². The van der Waals surface area contributed by atoms with Gasteiger partial charge in [0.05, 0.1) is 21.5 Å². The van der Waals surface area contributed by atoms with Crippen LogP contribution < -0.4 is 19.7 Å². The Labute approximate surface area is 145 Å². The average molecular weight is 353 g/mol. The molecule has 1 amide bonds. The maximum absolute atomic E-state index is 12.4. The number of fused-ring (bicyclic) bond motifs is 2. The van der Waals surface area contributed by atoms with Crippen molar-refractivity contribution in [2.75, 3.05) is 12.1 Å². The van der Waals surface area contributed by atoms with Crippen LogP contribution in [0.5, 0.6) is 11.5 Å². The average Bonchev–Trinajstić information content (AvgIpc) is 3.18. The van der Waals surface area contributed by atoms with E-state index in [1.54, 1.807) is 12.1 Å². The summed E-state index contributed by atoms with van der Waals surface area (Å²) >= 11 is 1.09. The van der Waals surface area contributed by atoms with E-state index in [2.05, 4.69) is 5.32 Å². The van der Waals surface area contributed by atoms with Crippen molar-refractivity contribution in [3.8, 4) is 17.6 Å². The van der Waals surface area contributed by atoms with Crippen LogP contribution in [0.4, 0.5) is 5.69 Å². The van der Waals surface area contributed by atoms with Crippen LogP contribution in [0.15, 0.2) is 41.2 Å². The fraction of sp³-hybridized carbons (Fsp3) is 0.118. The molecule has 0 atom stereocenters. The van der Waals surface area contributed by atoms with Crippen molar-refractivity contribution in [3.05, 3.63) is 51.6 Å². The number of carbonyl (C=O) groups excluding carboxylic acids is 1. The summed E-state index contributed by atoms with van der Waals surface area (Å²) in [5.41, 5.74) is 1.29. The van der Waals surface area contributed by atoms with Crippen molar-refractivity contribution in [2.24, 2.45) is 0 Å². The SMILES string of the molecule is N#Cc1cc2c(cc1NC(=O)Cn1c(=O)sc3ccccc31)OCO2. The molecule has 7 nitrogen and oxygen atoms in total. The number of nitriles is 1. The quantitative estimate of drug-likeness (QED) is 0.780. The molecule has 0 spiro atoms. The number of para-hydroxylation sites is 1. The second kappa shape index (κ2) is 5.96. The van der Waals surface area contributed by atoms with Crippen LogP contribution in [0, 0.1) is 11.3 Å². The van der Waals surface area contributed by atoms with Crippen LogP contribution in [-0.4, -0.2) is 17.3 Å². The Kier molecular flexibility index (Phi) is 3.63. The molecule has 1 N–H and O–H groups in total. The number of benzene rings is 2. The van der Waals surface area contributed by atoms with Crippen molar-refractivity contribution in [1.29, 1.82) is 5.26 Å². The van der Waals surface area contributed by atoms with E-state index in [0.29, 0.717) is 22.7 Å². The Balaban J connectivity index is 1.62. The molecule has 3 aromatic rings. The van der Waals surface area contributed by atoms with E-state index in [-0.39, 0.29) is 23.8 Å². The minimum Gasteiger partial charge on any atom is -0.454 e. The number of thiazole rings is 1. The molecule has 0 fully saturated rings. The van der Waals surface area contributed by atoms with Gasteiger partial charge < -0.3 is 14.8 Å². The van der Waals surface area contributed by atoms with Gasteiger partial charge in [-0.3, -0.25) is 14.2 Å². The number of ether oxygens (including phenoxy) is 2. The second-order valence-electron chi connectivity index (χ2n) is 5.33. The molecule has 0 saturated carbocycles. The van der Waals surface area contributed by atoms with Crippen LogP contribution in [0.25, 0.3) is 10.2 Å². The van der Waals surface area contributed by atoms with Gasteiger partial charge in [0.25, 0.3) is 0 Å². The molecule has 0 saturated heterocycles. The minimum atomic E-state index is -0.402. The summed E-state index contributed by atoms with van der Waals surface area (Å²) in [4.78, 5) is 24.3. The fourth-order valence-electron chi connectivity index (χ4n) is 2.63. The third-order valence-electron chi connectivity index (χ3n) is 3.78.